The average molecular weight is 258 g/mol. The molecule has 0 saturated heterocycles. The van der Waals surface area contributed by atoms with Crippen molar-refractivity contribution in [2.24, 2.45) is 0 Å². The van der Waals surface area contributed by atoms with E-state index in [1.807, 2.05) is 0 Å². The van der Waals surface area contributed by atoms with Gasteiger partial charge in [-0.3, -0.25) is 4.79 Å². The Hall–Kier alpha value is -2.76. The topological polar surface area (TPSA) is 69.1 Å². The van der Waals surface area contributed by atoms with Gasteiger partial charge < -0.3 is 8.94 Å². The molecule has 0 N–H and O–H groups in total. The molecule has 0 unspecified atom stereocenters. The van der Waals surface area contributed by atoms with Gasteiger partial charge >= 0.3 is 0 Å². The fourth-order valence-electron chi connectivity index (χ4n) is 1.80. The summed E-state index contributed by atoms with van der Waals surface area (Å²) in [5.41, 5.74) is 0.623. The maximum absolute atomic E-state index is 14.0. The van der Waals surface area contributed by atoms with Crippen molar-refractivity contribution in [3.63, 3.8) is 0 Å². The highest BCUT2D eigenvalue weighted by Crippen LogP contribution is 2.33. The van der Waals surface area contributed by atoms with Crippen molar-refractivity contribution in [1.29, 1.82) is 0 Å². The number of rotatable bonds is 3. The second kappa shape index (κ2) is 4.49. The van der Waals surface area contributed by atoms with E-state index in [2.05, 4.69) is 14.7 Å². The molecule has 0 aliphatic heterocycles. The normalized spacial score (nSPS) is 10.6. The number of carbonyl (C=O) groups excluding carboxylic acids is 1. The van der Waals surface area contributed by atoms with E-state index in [-0.39, 0.29) is 17.1 Å². The number of carbonyl (C=O) groups is 1. The van der Waals surface area contributed by atoms with E-state index in [9.17, 15) is 9.18 Å². The van der Waals surface area contributed by atoms with Crippen LogP contribution in [0.4, 0.5) is 4.39 Å². The van der Waals surface area contributed by atoms with Crippen LogP contribution < -0.4 is 0 Å². The van der Waals surface area contributed by atoms with Gasteiger partial charge in [-0.15, -0.1) is 0 Å². The molecule has 0 spiro atoms. The van der Waals surface area contributed by atoms with Crippen molar-refractivity contribution < 1.29 is 18.1 Å². The summed E-state index contributed by atoms with van der Waals surface area (Å²) in [4.78, 5) is 14.5. The highest BCUT2D eigenvalue weighted by Gasteiger charge is 2.18. The minimum atomic E-state index is -0.497. The number of nitrogens with zero attached hydrogens (tertiary/aromatic N) is 2. The van der Waals surface area contributed by atoms with Gasteiger partial charge in [0.1, 0.15) is 11.6 Å². The lowest BCUT2D eigenvalue weighted by Crippen LogP contribution is -1.90. The van der Waals surface area contributed by atoms with Gasteiger partial charge in [0.25, 0.3) is 0 Å². The largest absolute Gasteiger partial charge is 0.453 e. The van der Waals surface area contributed by atoms with Crippen molar-refractivity contribution in [1.82, 2.24) is 10.1 Å². The zero-order valence-electron chi connectivity index (χ0n) is 9.54. The quantitative estimate of drug-likeness (QED) is 0.675. The molecule has 0 bridgehead atoms. The Morgan fingerprint density at radius 1 is 1.21 bits per heavy atom. The first-order chi connectivity index (χ1) is 9.29. The van der Waals surface area contributed by atoms with Gasteiger partial charge in [-0.25, -0.2) is 4.39 Å². The molecule has 0 fully saturated rings. The van der Waals surface area contributed by atoms with Gasteiger partial charge in [0.2, 0.25) is 12.2 Å². The molecular weight excluding hydrogens is 251 g/mol. The van der Waals surface area contributed by atoms with E-state index in [0.29, 0.717) is 17.6 Å². The number of aromatic nitrogens is 2. The Morgan fingerprint density at radius 3 is 2.79 bits per heavy atom. The molecule has 6 heteroatoms. The number of hydrogen-bond donors (Lipinski definition) is 0. The number of halogens is 1. The number of benzene rings is 1. The molecule has 3 rings (SSSR count). The lowest BCUT2D eigenvalue weighted by atomic mass is 10.0. The van der Waals surface area contributed by atoms with Crippen LogP contribution in [0, 0.1) is 5.82 Å². The fourth-order valence-corrected chi connectivity index (χ4v) is 1.80. The van der Waals surface area contributed by atoms with Crippen molar-refractivity contribution in [3.05, 3.63) is 48.3 Å². The summed E-state index contributed by atoms with van der Waals surface area (Å²) < 4.78 is 23.9. The van der Waals surface area contributed by atoms with Crippen LogP contribution in [0.2, 0.25) is 0 Å². The first kappa shape index (κ1) is 11.3. The van der Waals surface area contributed by atoms with E-state index in [1.165, 1.54) is 18.2 Å². The minimum Gasteiger partial charge on any atom is -0.453 e. The van der Waals surface area contributed by atoms with Crippen LogP contribution in [-0.2, 0) is 0 Å². The summed E-state index contributed by atoms with van der Waals surface area (Å²) in [5, 5.41) is 3.62. The standard InChI is InChI=1S/C13H7FN2O3/c14-10-3-1-2-9(11-5-4-8(6-17)19-11)12(10)13-15-7-18-16-13/h1-7H. The molecular formula is C13H7FN2O3. The summed E-state index contributed by atoms with van der Waals surface area (Å²) in [7, 11) is 0. The maximum Gasteiger partial charge on any atom is 0.214 e. The average Bonchev–Trinajstić information content (AvgIpc) is 3.09. The van der Waals surface area contributed by atoms with E-state index in [0.717, 1.165) is 6.39 Å². The third-order valence-electron chi connectivity index (χ3n) is 2.61. The van der Waals surface area contributed by atoms with Crippen molar-refractivity contribution in [2.75, 3.05) is 0 Å². The molecule has 19 heavy (non-hydrogen) atoms. The van der Waals surface area contributed by atoms with Crippen LogP contribution in [0.5, 0.6) is 0 Å². The third kappa shape index (κ3) is 1.93. The van der Waals surface area contributed by atoms with Crippen LogP contribution >= 0.6 is 0 Å². The van der Waals surface area contributed by atoms with Crippen LogP contribution in [-0.4, -0.2) is 16.4 Å². The van der Waals surface area contributed by atoms with Gasteiger partial charge in [-0.1, -0.05) is 17.3 Å². The minimum absolute atomic E-state index is 0.122. The van der Waals surface area contributed by atoms with E-state index in [1.54, 1.807) is 12.1 Å². The summed E-state index contributed by atoms with van der Waals surface area (Å²) in [6.07, 6.45) is 1.70. The second-order valence-corrected chi connectivity index (χ2v) is 3.74. The molecule has 2 aromatic heterocycles. The Bertz CT molecular complexity index is 719. The maximum atomic E-state index is 14.0. The molecule has 0 aliphatic rings. The number of aldehydes is 1. The monoisotopic (exact) mass is 258 g/mol. The lowest BCUT2D eigenvalue weighted by Gasteiger charge is -2.04. The predicted octanol–water partition coefficient (Wildman–Crippen LogP) is 2.95. The van der Waals surface area contributed by atoms with E-state index >= 15 is 0 Å². The Labute approximate surface area is 106 Å². The van der Waals surface area contributed by atoms with E-state index < -0.39 is 5.82 Å². The molecule has 0 aliphatic carbocycles. The summed E-state index contributed by atoms with van der Waals surface area (Å²) in [5.74, 6) is 0.153. The second-order valence-electron chi connectivity index (χ2n) is 3.74. The zero-order valence-corrected chi connectivity index (χ0v) is 9.54. The van der Waals surface area contributed by atoms with E-state index in [4.69, 9.17) is 4.42 Å². The Balaban J connectivity index is 2.21. The predicted molar refractivity (Wildman–Crippen MR) is 62.8 cm³/mol. The first-order valence-corrected chi connectivity index (χ1v) is 5.40. The molecule has 5 nitrogen and oxygen atoms in total. The summed E-state index contributed by atoms with van der Waals surface area (Å²) >= 11 is 0. The van der Waals surface area contributed by atoms with Gasteiger partial charge in [0, 0.05) is 5.56 Å². The smallest absolute Gasteiger partial charge is 0.214 e. The molecule has 0 amide bonds. The SMILES string of the molecule is O=Cc1ccc(-c2cccc(F)c2-c2ncon2)o1. The van der Waals surface area contributed by atoms with Gasteiger partial charge in [-0.2, -0.15) is 4.98 Å². The van der Waals surface area contributed by atoms with Gasteiger partial charge in [-0.05, 0) is 18.2 Å². The lowest BCUT2D eigenvalue weighted by molar-refractivity contribution is 0.110. The third-order valence-corrected chi connectivity index (χ3v) is 2.61. The van der Waals surface area contributed by atoms with Crippen LogP contribution in [0.1, 0.15) is 10.6 Å². The van der Waals surface area contributed by atoms with Crippen LogP contribution in [0.25, 0.3) is 22.7 Å². The summed E-state index contributed by atoms with van der Waals surface area (Å²) in [6, 6.07) is 7.58. The fraction of sp³-hybridized carbons (Fsp3) is 0. The molecule has 0 saturated carbocycles. The van der Waals surface area contributed by atoms with Gasteiger partial charge in [0.15, 0.2) is 12.0 Å². The number of furan rings is 1. The van der Waals surface area contributed by atoms with Crippen molar-refractivity contribution in [3.8, 4) is 22.7 Å². The zero-order chi connectivity index (χ0) is 13.2. The highest BCUT2D eigenvalue weighted by atomic mass is 19.1. The Morgan fingerprint density at radius 2 is 2.11 bits per heavy atom. The van der Waals surface area contributed by atoms with Crippen molar-refractivity contribution >= 4 is 6.29 Å². The van der Waals surface area contributed by atoms with Crippen LogP contribution in [0.3, 0.4) is 0 Å². The Kier molecular flexibility index (Phi) is 2.68. The molecule has 94 valence electrons. The molecule has 1 aromatic carbocycles. The molecule has 3 aromatic rings. The summed E-state index contributed by atoms with van der Waals surface area (Å²) in [6.45, 7) is 0. The first-order valence-electron chi connectivity index (χ1n) is 5.40. The molecule has 0 atom stereocenters. The molecule has 2 heterocycles. The van der Waals surface area contributed by atoms with Crippen molar-refractivity contribution in [2.45, 2.75) is 0 Å². The van der Waals surface area contributed by atoms with Crippen LogP contribution in [0.15, 0.2) is 45.7 Å². The highest BCUT2D eigenvalue weighted by molar-refractivity contribution is 5.80. The van der Waals surface area contributed by atoms with Gasteiger partial charge in [0.05, 0.1) is 5.56 Å². The molecule has 0 radical (unpaired) electrons. The number of hydrogen-bond acceptors (Lipinski definition) is 5.